The molecule has 6 aliphatic carbocycles. The average molecular weight is 1220 g/mol. The van der Waals surface area contributed by atoms with Crippen LogP contribution in [0.25, 0.3) is 0 Å². The summed E-state index contributed by atoms with van der Waals surface area (Å²) in [6.45, 7) is 64.0. The monoisotopic (exact) mass is 1220 g/mol. The van der Waals surface area contributed by atoms with Gasteiger partial charge in [-0.05, 0) is 293 Å². The van der Waals surface area contributed by atoms with Gasteiger partial charge in [0.2, 0.25) is 0 Å². The van der Waals surface area contributed by atoms with Crippen LogP contribution in [0, 0.1) is 32.5 Å². The Morgan fingerprint density at radius 1 is 0.299 bits per heavy atom. The van der Waals surface area contributed by atoms with E-state index in [4.69, 9.17) is 28.4 Å². The summed E-state index contributed by atoms with van der Waals surface area (Å²) in [5, 5.41) is 0. The molecule has 6 saturated carbocycles. The molecule has 0 aromatic rings. The lowest BCUT2D eigenvalue weighted by molar-refractivity contribution is -0.174. The van der Waals surface area contributed by atoms with E-state index in [0.717, 1.165) is 171 Å². The van der Waals surface area contributed by atoms with Crippen molar-refractivity contribution in [2.24, 2.45) is 32.5 Å². The van der Waals surface area contributed by atoms with Crippen LogP contribution in [-0.2, 0) is 57.2 Å². The highest BCUT2D eigenvalue weighted by Crippen LogP contribution is 2.48. The molecular formula is C75H126O12. The molecule has 6 rings (SSSR count). The number of esters is 6. The van der Waals surface area contributed by atoms with Gasteiger partial charge in [0, 0.05) is 0 Å². The Balaban J connectivity index is 0.000000523. The van der Waals surface area contributed by atoms with Crippen LogP contribution in [0.4, 0.5) is 0 Å². The molecule has 0 saturated heterocycles. The van der Waals surface area contributed by atoms with E-state index in [2.05, 4.69) is 39.5 Å². The highest BCUT2D eigenvalue weighted by Gasteiger charge is 2.50. The van der Waals surface area contributed by atoms with Crippen molar-refractivity contribution in [2.75, 3.05) is 0 Å². The molecule has 0 aliphatic heterocycles. The van der Waals surface area contributed by atoms with Gasteiger partial charge in [0.25, 0.3) is 0 Å². The van der Waals surface area contributed by atoms with Gasteiger partial charge in [-0.2, -0.15) is 0 Å². The molecule has 0 aromatic carbocycles. The second-order valence-electron chi connectivity index (χ2n) is 30.0. The molecule has 0 amide bonds. The van der Waals surface area contributed by atoms with Crippen LogP contribution in [0.15, 0.2) is 74.4 Å². The van der Waals surface area contributed by atoms with Crippen LogP contribution < -0.4 is 0 Å². The van der Waals surface area contributed by atoms with Gasteiger partial charge in [-0.15, -0.1) is 0 Å². The van der Waals surface area contributed by atoms with Crippen molar-refractivity contribution in [3.63, 3.8) is 0 Å². The van der Waals surface area contributed by atoms with Crippen LogP contribution in [0.3, 0.4) is 0 Å². The maximum atomic E-state index is 12.1. The number of ether oxygens (including phenoxy) is 6. The van der Waals surface area contributed by atoms with Gasteiger partial charge in [-0.1, -0.05) is 81.0 Å². The first-order chi connectivity index (χ1) is 39.9. The van der Waals surface area contributed by atoms with E-state index in [9.17, 15) is 28.8 Å². The summed E-state index contributed by atoms with van der Waals surface area (Å²) < 4.78 is 33.5. The smallest absolute Gasteiger partial charge is 0.312 e. The molecule has 0 bridgehead atoms. The van der Waals surface area contributed by atoms with Crippen LogP contribution in [0.1, 0.15) is 299 Å². The fourth-order valence-electron chi connectivity index (χ4n) is 8.85. The molecule has 0 heterocycles. The first-order valence-electron chi connectivity index (χ1n) is 33.2. The Morgan fingerprint density at radius 3 is 0.621 bits per heavy atom. The molecule has 12 nitrogen and oxygen atoms in total. The molecule has 0 atom stereocenters. The molecule has 498 valence electrons. The maximum absolute atomic E-state index is 12.1. The van der Waals surface area contributed by atoms with E-state index in [0.29, 0.717) is 0 Å². The van der Waals surface area contributed by atoms with Gasteiger partial charge >= 0.3 is 35.8 Å². The Morgan fingerprint density at radius 2 is 0.471 bits per heavy atom. The Hall–Kier alpha value is -4.74. The standard InChI is InChI=1S/C14H24O2.2C13H22O2.2C12H20O2.C11H18O2/c1-6-13(4,5)12(15)16-14(11(2)3)9-7-8-10-14;1-6-12(4,5)11(14)15-13(10(2)3)8-7-9-13;1-5-12(3,4)11(14)15-13(6-2)9-7-8-10-13;1-6-11(4,5)10(13)14-12(7-8-12)9(2)3;1-5-11(3,4)10(13)14-12(6-2)8-7-9-12;1-5-10(3,4)9(12)13-11(6-2)7-8-11/h2,6-10H2,1,3-5H3;2,6-9H2,1,3-5H3;6H,2,5,7-10H2,1,3-4H3;2,6-8H2,1,3-5H3;6H,2,5,7-9H2,1,3-4H3;6H,2,5,7-8H2,1,3-4H3. The fourth-order valence-corrected chi connectivity index (χ4v) is 8.85. The minimum atomic E-state index is -0.384. The maximum Gasteiger partial charge on any atom is 0.312 e. The van der Waals surface area contributed by atoms with Crippen LogP contribution in [0.5, 0.6) is 0 Å². The van der Waals surface area contributed by atoms with E-state index >= 15 is 0 Å². The molecule has 0 radical (unpaired) electrons. The van der Waals surface area contributed by atoms with E-state index in [1.54, 1.807) is 12.2 Å². The highest BCUT2D eigenvalue weighted by atomic mass is 16.6. The molecule has 0 spiro atoms. The number of rotatable bonds is 24. The van der Waals surface area contributed by atoms with Gasteiger partial charge in [0.05, 0.1) is 32.5 Å². The minimum absolute atomic E-state index is 0.0834. The first kappa shape index (κ1) is 80.3. The summed E-state index contributed by atoms with van der Waals surface area (Å²) in [6, 6.07) is 0. The van der Waals surface area contributed by atoms with Gasteiger partial charge in [-0.25, -0.2) is 0 Å². The normalized spacial score (nSPS) is 19.4. The lowest BCUT2D eigenvalue weighted by Crippen LogP contribution is -2.45. The molecule has 0 unspecified atom stereocenters. The van der Waals surface area contributed by atoms with Crippen molar-refractivity contribution >= 4 is 35.8 Å². The number of carbonyl (C=O) groups is 6. The summed E-state index contributed by atoms with van der Waals surface area (Å²) in [6.07, 6.45) is 28.2. The first-order valence-corrected chi connectivity index (χ1v) is 33.2. The molecule has 6 aliphatic rings. The third-order valence-corrected chi connectivity index (χ3v) is 20.5. The molecule has 87 heavy (non-hydrogen) atoms. The van der Waals surface area contributed by atoms with Crippen molar-refractivity contribution in [3.8, 4) is 0 Å². The summed E-state index contributed by atoms with van der Waals surface area (Å²) in [7, 11) is 0. The minimum Gasteiger partial charge on any atom is -0.454 e. The number of carbonyl (C=O) groups excluding carboxylic acids is 6. The van der Waals surface area contributed by atoms with E-state index in [1.165, 1.54) is 0 Å². The molecular weight excluding hydrogens is 1090 g/mol. The van der Waals surface area contributed by atoms with E-state index in [1.807, 2.05) is 151 Å². The van der Waals surface area contributed by atoms with Crippen LogP contribution in [0.2, 0.25) is 0 Å². The third-order valence-electron chi connectivity index (χ3n) is 20.5. The molecule has 6 fully saturated rings. The van der Waals surface area contributed by atoms with Crippen LogP contribution in [-0.4, -0.2) is 69.4 Å². The van der Waals surface area contributed by atoms with Crippen molar-refractivity contribution in [2.45, 2.75) is 333 Å². The summed E-state index contributed by atoms with van der Waals surface area (Å²) in [5.74, 6) is -0.563. The zero-order valence-electron chi connectivity index (χ0n) is 59.3. The Bertz CT molecular complexity index is 2320. The van der Waals surface area contributed by atoms with Crippen LogP contribution >= 0.6 is 0 Å². The van der Waals surface area contributed by atoms with Crippen molar-refractivity contribution < 1.29 is 57.2 Å². The summed E-state index contributed by atoms with van der Waals surface area (Å²) in [4.78, 5) is 71.2. The molecule has 0 N–H and O–H groups in total. The second-order valence-corrected chi connectivity index (χ2v) is 30.0. The number of hydrogen-bond acceptors (Lipinski definition) is 12. The largest absolute Gasteiger partial charge is 0.454 e. The summed E-state index contributed by atoms with van der Waals surface area (Å²) in [5.41, 5.74) is -1.36. The van der Waals surface area contributed by atoms with Crippen molar-refractivity contribution in [1.82, 2.24) is 0 Å². The van der Waals surface area contributed by atoms with Gasteiger partial charge < -0.3 is 28.4 Å². The fraction of sp³-hybridized carbons (Fsp3) is 0.760. The summed E-state index contributed by atoms with van der Waals surface area (Å²) >= 11 is 0. The topological polar surface area (TPSA) is 158 Å². The molecule has 0 aromatic heterocycles. The zero-order chi connectivity index (χ0) is 67.5. The van der Waals surface area contributed by atoms with Gasteiger partial charge in [0.1, 0.15) is 33.6 Å². The SMILES string of the molecule is C=C(C)C1(OC(=O)C(C)(C)CC)CC1.C=C(C)C1(OC(=O)C(C)(C)CC)CCC1.C=C(C)C1(OC(=O)C(C)(C)CC)CCCC1.C=CC1(OC(=O)C(C)(C)CC)CC1.C=CC1(OC(=O)C(C)(C)CC)CCC1.C=CC1(OC(=O)C(C)(C)CC)CCCC1. The highest BCUT2D eigenvalue weighted by molar-refractivity contribution is 5.79. The van der Waals surface area contributed by atoms with E-state index < -0.39 is 0 Å². The van der Waals surface area contributed by atoms with Gasteiger partial charge in [0.15, 0.2) is 0 Å². The van der Waals surface area contributed by atoms with Crippen molar-refractivity contribution in [3.05, 3.63) is 74.4 Å². The predicted molar refractivity (Wildman–Crippen MR) is 356 cm³/mol. The third kappa shape index (κ3) is 22.6. The molecule has 12 heteroatoms. The van der Waals surface area contributed by atoms with Crippen molar-refractivity contribution in [1.29, 1.82) is 0 Å². The second kappa shape index (κ2) is 32.3. The average Bonchev–Trinajstić information content (AvgIpc) is 4.33. The lowest BCUT2D eigenvalue weighted by atomic mass is 9.75. The predicted octanol–water partition coefficient (Wildman–Crippen LogP) is 19.6. The quantitative estimate of drug-likeness (QED) is 0.0512. The van der Waals surface area contributed by atoms with Gasteiger partial charge in [-0.3, -0.25) is 28.8 Å². The Kier molecular flexibility index (Phi) is 29.8. The lowest BCUT2D eigenvalue weighted by Gasteiger charge is -2.43. The van der Waals surface area contributed by atoms with E-state index in [-0.39, 0.29) is 102 Å². The number of hydrogen-bond donors (Lipinski definition) is 0. The Labute approximate surface area is 530 Å². The zero-order valence-corrected chi connectivity index (χ0v) is 59.3.